The maximum atomic E-state index is 12.9. The van der Waals surface area contributed by atoms with Crippen molar-refractivity contribution in [2.24, 2.45) is 0 Å². The number of halogens is 1. The monoisotopic (exact) mass is 427 g/mol. The number of benzene rings is 2. The van der Waals surface area contributed by atoms with Gasteiger partial charge in [-0.25, -0.2) is 4.39 Å². The molecule has 3 amide bonds. The van der Waals surface area contributed by atoms with Gasteiger partial charge >= 0.3 is 0 Å². The van der Waals surface area contributed by atoms with Crippen LogP contribution in [-0.2, 0) is 27.2 Å². The Bertz CT molecular complexity index is 931. The fraction of sp³-hybridized carbons (Fsp3) is 0.348. The molecular weight excluding hydrogens is 401 g/mol. The maximum Gasteiger partial charge on any atom is 0.224 e. The zero-order valence-electron chi connectivity index (χ0n) is 17.2. The third-order valence-corrected chi connectivity index (χ3v) is 4.84. The molecular formula is C23H26FN3O4. The maximum absolute atomic E-state index is 12.9. The topological polar surface area (TPSA) is 96.5 Å². The lowest BCUT2D eigenvalue weighted by atomic mass is 10.0. The lowest BCUT2D eigenvalue weighted by Crippen LogP contribution is -2.35. The molecule has 0 aliphatic carbocycles. The Balaban J connectivity index is 1.25. The minimum atomic E-state index is -0.338. The molecule has 0 spiro atoms. The lowest BCUT2D eigenvalue weighted by molar-refractivity contribution is -0.122. The first-order chi connectivity index (χ1) is 15.0. The van der Waals surface area contributed by atoms with E-state index in [0.717, 1.165) is 22.6 Å². The zero-order valence-corrected chi connectivity index (χ0v) is 17.2. The molecule has 164 valence electrons. The van der Waals surface area contributed by atoms with Crippen LogP contribution in [0.25, 0.3) is 0 Å². The first-order valence-corrected chi connectivity index (χ1v) is 10.3. The van der Waals surface area contributed by atoms with E-state index in [0.29, 0.717) is 45.4 Å². The molecule has 0 atom stereocenters. The van der Waals surface area contributed by atoms with Crippen LogP contribution in [0.5, 0.6) is 5.75 Å². The van der Waals surface area contributed by atoms with E-state index in [9.17, 15) is 18.8 Å². The first kappa shape index (κ1) is 22.3. The number of carbonyl (C=O) groups is 3. The van der Waals surface area contributed by atoms with Crippen LogP contribution in [0.3, 0.4) is 0 Å². The molecule has 0 saturated heterocycles. The number of rotatable bonds is 10. The summed E-state index contributed by atoms with van der Waals surface area (Å²) in [7, 11) is 0. The van der Waals surface area contributed by atoms with E-state index in [-0.39, 0.29) is 30.0 Å². The molecule has 0 saturated carbocycles. The molecule has 7 nitrogen and oxygen atoms in total. The van der Waals surface area contributed by atoms with Crippen LogP contribution < -0.4 is 20.7 Å². The van der Waals surface area contributed by atoms with E-state index in [1.54, 1.807) is 18.2 Å². The van der Waals surface area contributed by atoms with E-state index >= 15 is 0 Å². The first-order valence-electron chi connectivity index (χ1n) is 10.3. The number of hydrogen-bond donors (Lipinski definition) is 3. The van der Waals surface area contributed by atoms with Crippen molar-refractivity contribution in [3.63, 3.8) is 0 Å². The number of anilines is 1. The van der Waals surface area contributed by atoms with Crippen molar-refractivity contribution in [3.05, 3.63) is 59.4 Å². The largest absolute Gasteiger partial charge is 0.494 e. The summed E-state index contributed by atoms with van der Waals surface area (Å²) in [5.41, 5.74) is 2.61. The third kappa shape index (κ3) is 7.40. The van der Waals surface area contributed by atoms with Gasteiger partial charge < -0.3 is 20.7 Å². The van der Waals surface area contributed by atoms with E-state index in [1.165, 1.54) is 12.1 Å². The van der Waals surface area contributed by atoms with Crippen LogP contribution in [0.2, 0.25) is 0 Å². The van der Waals surface area contributed by atoms with Gasteiger partial charge in [0.15, 0.2) is 0 Å². The Kier molecular flexibility index (Phi) is 7.98. The summed E-state index contributed by atoms with van der Waals surface area (Å²) in [5.74, 6) is 0.122. The van der Waals surface area contributed by atoms with Gasteiger partial charge in [-0.2, -0.15) is 0 Å². The predicted molar refractivity (Wildman–Crippen MR) is 114 cm³/mol. The van der Waals surface area contributed by atoms with Gasteiger partial charge in [0, 0.05) is 31.6 Å². The van der Waals surface area contributed by atoms with Gasteiger partial charge in [-0.1, -0.05) is 12.1 Å². The van der Waals surface area contributed by atoms with Crippen molar-refractivity contribution in [2.75, 3.05) is 25.0 Å². The smallest absolute Gasteiger partial charge is 0.224 e. The molecule has 3 rings (SSSR count). The number of fused-ring (bicyclic) bond motifs is 1. The number of aryl methyl sites for hydroxylation is 1. The number of carbonyl (C=O) groups excluding carboxylic acids is 3. The van der Waals surface area contributed by atoms with Crippen LogP contribution in [-0.4, -0.2) is 37.4 Å². The molecule has 2 aromatic rings. The summed E-state index contributed by atoms with van der Waals surface area (Å²) in [5, 5.41) is 8.30. The molecule has 2 aromatic carbocycles. The zero-order chi connectivity index (χ0) is 22.1. The molecule has 0 unspecified atom stereocenters. The van der Waals surface area contributed by atoms with Crippen molar-refractivity contribution >= 4 is 23.4 Å². The summed E-state index contributed by atoms with van der Waals surface area (Å²) in [6.45, 7) is 1.08. The van der Waals surface area contributed by atoms with Gasteiger partial charge in [0.1, 0.15) is 11.6 Å². The highest BCUT2D eigenvalue weighted by Crippen LogP contribution is 2.26. The van der Waals surface area contributed by atoms with Crippen molar-refractivity contribution in [1.29, 1.82) is 0 Å². The minimum absolute atomic E-state index is 0.0274. The number of hydrogen-bond acceptors (Lipinski definition) is 4. The van der Waals surface area contributed by atoms with Crippen LogP contribution >= 0.6 is 0 Å². The Hall–Kier alpha value is -3.42. The Morgan fingerprint density at radius 1 is 1.00 bits per heavy atom. The van der Waals surface area contributed by atoms with Crippen molar-refractivity contribution in [2.45, 2.75) is 32.1 Å². The summed E-state index contributed by atoms with van der Waals surface area (Å²) in [6, 6.07) is 11.3. The fourth-order valence-electron chi connectivity index (χ4n) is 3.21. The quantitative estimate of drug-likeness (QED) is 0.507. The van der Waals surface area contributed by atoms with Crippen molar-refractivity contribution < 1.29 is 23.5 Å². The Labute approximate surface area is 180 Å². The summed E-state index contributed by atoms with van der Waals surface area (Å²) in [6.07, 6.45) is 2.23. The fourth-order valence-corrected chi connectivity index (χ4v) is 3.21. The van der Waals surface area contributed by atoms with Gasteiger partial charge in [-0.05, 0) is 54.3 Å². The van der Waals surface area contributed by atoms with Gasteiger partial charge in [0.25, 0.3) is 0 Å². The van der Waals surface area contributed by atoms with E-state index in [4.69, 9.17) is 4.74 Å². The van der Waals surface area contributed by atoms with E-state index in [1.807, 2.05) is 12.1 Å². The average molecular weight is 427 g/mol. The minimum Gasteiger partial charge on any atom is -0.494 e. The second-order valence-electron chi connectivity index (χ2n) is 7.32. The molecule has 0 bridgehead atoms. The molecule has 0 fully saturated rings. The molecule has 0 aromatic heterocycles. The van der Waals surface area contributed by atoms with Crippen LogP contribution in [0.1, 0.15) is 30.4 Å². The molecule has 1 heterocycles. The average Bonchev–Trinajstić information content (AvgIpc) is 2.76. The van der Waals surface area contributed by atoms with Crippen molar-refractivity contribution in [1.82, 2.24) is 10.6 Å². The second kappa shape index (κ2) is 11.1. The predicted octanol–water partition coefficient (Wildman–Crippen LogP) is 2.34. The normalized spacial score (nSPS) is 12.5. The summed E-state index contributed by atoms with van der Waals surface area (Å²) in [4.78, 5) is 35.1. The van der Waals surface area contributed by atoms with Gasteiger partial charge in [0.05, 0.1) is 13.0 Å². The molecule has 1 aliphatic rings. The van der Waals surface area contributed by atoms with Crippen LogP contribution in [0.15, 0.2) is 42.5 Å². The van der Waals surface area contributed by atoms with Crippen LogP contribution in [0, 0.1) is 5.82 Å². The van der Waals surface area contributed by atoms with Gasteiger partial charge in [-0.15, -0.1) is 0 Å². The highest BCUT2D eigenvalue weighted by Gasteiger charge is 2.15. The lowest BCUT2D eigenvalue weighted by Gasteiger charge is -2.17. The Morgan fingerprint density at radius 3 is 2.52 bits per heavy atom. The molecule has 0 radical (unpaired) electrons. The SMILES string of the molecule is O=C(CCCOc1ccc2c(c1)CCC(=O)N2)NCCNC(=O)Cc1ccc(F)cc1. The number of nitrogens with one attached hydrogen (secondary N) is 3. The molecule has 3 N–H and O–H groups in total. The van der Waals surface area contributed by atoms with E-state index < -0.39 is 0 Å². The highest BCUT2D eigenvalue weighted by atomic mass is 19.1. The van der Waals surface area contributed by atoms with Crippen molar-refractivity contribution in [3.8, 4) is 5.75 Å². The number of ether oxygens (including phenoxy) is 1. The second-order valence-corrected chi connectivity index (χ2v) is 7.32. The van der Waals surface area contributed by atoms with Crippen LogP contribution in [0.4, 0.5) is 10.1 Å². The number of amides is 3. The third-order valence-electron chi connectivity index (χ3n) is 4.84. The summed E-state index contributed by atoms with van der Waals surface area (Å²) < 4.78 is 18.6. The van der Waals surface area contributed by atoms with Gasteiger partial charge in [-0.3, -0.25) is 14.4 Å². The molecule has 8 heteroatoms. The van der Waals surface area contributed by atoms with Gasteiger partial charge in [0.2, 0.25) is 17.7 Å². The Morgan fingerprint density at radius 2 is 1.74 bits per heavy atom. The highest BCUT2D eigenvalue weighted by molar-refractivity contribution is 5.94. The molecule has 1 aliphatic heterocycles. The van der Waals surface area contributed by atoms with E-state index in [2.05, 4.69) is 16.0 Å². The summed E-state index contributed by atoms with van der Waals surface area (Å²) >= 11 is 0. The standard InChI is InChI=1S/C23H26FN3O4/c24-18-6-3-16(4-7-18)14-23(30)26-12-11-25-21(28)2-1-13-31-19-8-9-20-17(15-19)5-10-22(29)27-20/h3-4,6-9,15H,1-2,5,10-14H2,(H,25,28)(H,26,30)(H,27,29). The molecule has 31 heavy (non-hydrogen) atoms.